The summed E-state index contributed by atoms with van der Waals surface area (Å²) in [4.78, 5) is 33.4. The van der Waals surface area contributed by atoms with Crippen LogP contribution in [0.25, 0.3) is 0 Å². The van der Waals surface area contributed by atoms with Crippen LogP contribution in [-0.4, -0.2) is 18.9 Å². The van der Waals surface area contributed by atoms with Gasteiger partial charge in [0.05, 0.1) is 0 Å². The van der Waals surface area contributed by atoms with Crippen molar-refractivity contribution in [3.63, 3.8) is 0 Å². The molecule has 4 atom stereocenters. The monoisotopic (exact) mass is 318 g/mol. The Hall–Kier alpha value is -1.25. The van der Waals surface area contributed by atoms with Crippen LogP contribution in [0.2, 0.25) is 0 Å². The topological polar surface area (TPSA) is 51.2 Å². The van der Waals surface area contributed by atoms with Crippen LogP contribution < -0.4 is 0 Å². The molecule has 0 heterocycles. The summed E-state index contributed by atoms with van der Waals surface area (Å²) in [5, 5.41) is 0. The van der Waals surface area contributed by atoms with Gasteiger partial charge in [0.2, 0.25) is 0 Å². The lowest BCUT2D eigenvalue weighted by molar-refractivity contribution is -0.128. The first-order valence-corrected chi connectivity index (χ1v) is 8.92. The zero-order valence-corrected chi connectivity index (χ0v) is 14.7. The second-order valence-corrected chi connectivity index (χ2v) is 8.39. The molecular weight excluding hydrogens is 288 g/mol. The zero-order valence-electron chi connectivity index (χ0n) is 14.7. The minimum Gasteiger partial charge on any atom is -0.303 e. The van der Waals surface area contributed by atoms with E-state index in [4.69, 9.17) is 0 Å². The highest BCUT2D eigenvalue weighted by Gasteiger charge is 2.54. The Morgan fingerprint density at radius 2 is 1.83 bits per heavy atom. The first kappa shape index (κ1) is 18.1. The third kappa shape index (κ3) is 3.49. The molecule has 128 valence electrons. The molecule has 0 aromatic rings. The standard InChI is InChI=1S/C20H30O3/c1-19(2)10-4-11-20(3)17(7-5-15(13-22)9-12-21)16(14-23)6-8-18(19)20/h5,12-14,16-18H,4,6-11H2,1-3H3/b15-5-/t16-,17+,18?,20-/m1/s1. The Morgan fingerprint density at radius 3 is 2.43 bits per heavy atom. The van der Waals surface area contributed by atoms with Gasteiger partial charge in [0.15, 0.2) is 0 Å². The fourth-order valence-electron chi connectivity index (χ4n) is 5.54. The number of carbonyl (C=O) groups is 3. The summed E-state index contributed by atoms with van der Waals surface area (Å²) in [6.45, 7) is 7.09. The Kier molecular flexibility index (Phi) is 5.59. The van der Waals surface area contributed by atoms with Gasteiger partial charge in [-0.1, -0.05) is 33.3 Å². The highest BCUT2D eigenvalue weighted by atomic mass is 16.1. The normalized spacial score (nSPS) is 36.8. The zero-order chi connectivity index (χ0) is 17.1. The lowest BCUT2D eigenvalue weighted by atomic mass is 9.46. The summed E-state index contributed by atoms with van der Waals surface area (Å²) in [5.74, 6) is 0.981. The summed E-state index contributed by atoms with van der Waals surface area (Å²) < 4.78 is 0. The molecule has 0 saturated heterocycles. The van der Waals surface area contributed by atoms with Crippen LogP contribution >= 0.6 is 0 Å². The summed E-state index contributed by atoms with van der Waals surface area (Å²) in [6.07, 6.45) is 11.2. The first-order valence-electron chi connectivity index (χ1n) is 8.92. The van der Waals surface area contributed by atoms with Crippen molar-refractivity contribution < 1.29 is 14.4 Å². The van der Waals surface area contributed by atoms with Crippen molar-refractivity contribution in [1.82, 2.24) is 0 Å². The molecule has 2 fully saturated rings. The van der Waals surface area contributed by atoms with Gasteiger partial charge in [0.1, 0.15) is 18.9 Å². The van der Waals surface area contributed by atoms with Gasteiger partial charge < -0.3 is 9.59 Å². The third-order valence-electron chi connectivity index (χ3n) is 6.71. The Morgan fingerprint density at radius 1 is 1.09 bits per heavy atom. The minimum absolute atomic E-state index is 0.0746. The Bertz CT molecular complexity index is 491. The van der Waals surface area contributed by atoms with E-state index in [1.165, 1.54) is 12.8 Å². The van der Waals surface area contributed by atoms with E-state index in [0.29, 0.717) is 16.9 Å². The van der Waals surface area contributed by atoms with E-state index in [9.17, 15) is 14.4 Å². The van der Waals surface area contributed by atoms with Gasteiger partial charge in [-0.25, -0.2) is 0 Å². The summed E-state index contributed by atoms with van der Waals surface area (Å²) in [6, 6.07) is 0. The van der Waals surface area contributed by atoms with Crippen LogP contribution in [0.3, 0.4) is 0 Å². The maximum absolute atomic E-state index is 11.6. The van der Waals surface area contributed by atoms with E-state index in [-0.39, 0.29) is 23.7 Å². The average molecular weight is 318 g/mol. The molecule has 0 amide bonds. The number of hydrogen-bond acceptors (Lipinski definition) is 3. The Labute approximate surface area is 139 Å². The predicted molar refractivity (Wildman–Crippen MR) is 91.0 cm³/mol. The van der Waals surface area contributed by atoms with Gasteiger partial charge in [-0.2, -0.15) is 0 Å². The SMILES string of the molecule is CC1(C)CCC[C@@]2(C)C1CC[C@H](C=O)[C@@H]2C/C=C(\C=O)CC=O. The molecular formula is C20H30O3. The summed E-state index contributed by atoms with van der Waals surface area (Å²) >= 11 is 0. The average Bonchev–Trinajstić information content (AvgIpc) is 2.50. The fourth-order valence-corrected chi connectivity index (χ4v) is 5.54. The third-order valence-corrected chi connectivity index (χ3v) is 6.71. The van der Waals surface area contributed by atoms with Crippen LogP contribution in [-0.2, 0) is 14.4 Å². The van der Waals surface area contributed by atoms with Gasteiger partial charge in [-0.05, 0) is 60.3 Å². The first-order chi connectivity index (χ1) is 10.9. The van der Waals surface area contributed by atoms with E-state index in [2.05, 4.69) is 20.8 Å². The molecule has 0 N–H and O–H groups in total. The van der Waals surface area contributed by atoms with Crippen LogP contribution in [0, 0.1) is 28.6 Å². The maximum Gasteiger partial charge on any atom is 0.146 e. The van der Waals surface area contributed by atoms with E-state index in [1.54, 1.807) is 0 Å². The number of rotatable bonds is 6. The lowest BCUT2D eigenvalue weighted by Gasteiger charge is -2.58. The highest BCUT2D eigenvalue weighted by molar-refractivity contribution is 5.78. The molecule has 3 heteroatoms. The minimum atomic E-state index is 0.0746. The van der Waals surface area contributed by atoms with Crippen molar-refractivity contribution in [1.29, 1.82) is 0 Å². The van der Waals surface area contributed by atoms with Crippen molar-refractivity contribution in [2.24, 2.45) is 28.6 Å². The molecule has 23 heavy (non-hydrogen) atoms. The van der Waals surface area contributed by atoms with Crippen molar-refractivity contribution in [3.05, 3.63) is 11.6 Å². The van der Waals surface area contributed by atoms with E-state index < -0.39 is 0 Å². The number of hydrogen-bond donors (Lipinski definition) is 0. The molecule has 0 aromatic heterocycles. The highest BCUT2D eigenvalue weighted by Crippen LogP contribution is 2.61. The molecule has 2 aliphatic carbocycles. The van der Waals surface area contributed by atoms with Crippen LogP contribution in [0.1, 0.15) is 65.7 Å². The smallest absolute Gasteiger partial charge is 0.146 e. The summed E-state index contributed by atoms with van der Waals surface area (Å²) in [7, 11) is 0. The molecule has 0 radical (unpaired) electrons. The number of allylic oxidation sites excluding steroid dienone is 2. The Balaban J connectivity index is 2.30. The van der Waals surface area contributed by atoms with Crippen molar-refractivity contribution >= 4 is 18.9 Å². The molecule has 2 aliphatic rings. The van der Waals surface area contributed by atoms with Gasteiger partial charge >= 0.3 is 0 Å². The lowest BCUT2D eigenvalue weighted by Crippen LogP contribution is -2.51. The second-order valence-electron chi connectivity index (χ2n) is 8.39. The van der Waals surface area contributed by atoms with Crippen LogP contribution in [0.15, 0.2) is 11.6 Å². The molecule has 0 aliphatic heterocycles. The second kappa shape index (κ2) is 7.11. The predicted octanol–water partition coefficient (Wildman–Crippen LogP) is 4.15. The van der Waals surface area contributed by atoms with Crippen LogP contribution in [0.5, 0.6) is 0 Å². The van der Waals surface area contributed by atoms with Gasteiger partial charge in [-0.15, -0.1) is 0 Å². The van der Waals surface area contributed by atoms with Gasteiger partial charge in [-0.3, -0.25) is 4.79 Å². The van der Waals surface area contributed by atoms with E-state index in [1.807, 2.05) is 6.08 Å². The van der Waals surface area contributed by atoms with Crippen molar-refractivity contribution in [3.8, 4) is 0 Å². The van der Waals surface area contributed by atoms with E-state index in [0.717, 1.165) is 44.5 Å². The molecule has 2 saturated carbocycles. The molecule has 3 nitrogen and oxygen atoms in total. The van der Waals surface area contributed by atoms with Crippen molar-refractivity contribution in [2.45, 2.75) is 65.7 Å². The molecule has 0 aromatic carbocycles. The molecule has 0 spiro atoms. The number of aldehydes is 3. The molecule has 0 bridgehead atoms. The number of fused-ring (bicyclic) bond motifs is 1. The fraction of sp³-hybridized carbons (Fsp3) is 0.750. The van der Waals surface area contributed by atoms with Crippen molar-refractivity contribution in [2.75, 3.05) is 0 Å². The van der Waals surface area contributed by atoms with Crippen LogP contribution in [0.4, 0.5) is 0 Å². The molecule has 1 unspecified atom stereocenters. The van der Waals surface area contributed by atoms with Gasteiger partial charge in [0, 0.05) is 12.3 Å². The molecule has 2 rings (SSSR count). The van der Waals surface area contributed by atoms with E-state index >= 15 is 0 Å². The quantitative estimate of drug-likeness (QED) is 0.546. The largest absolute Gasteiger partial charge is 0.303 e. The summed E-state index contributed by atoms with van der Waals surface area (Å²) in [5.41, 5.74) is 1.02. The maximum atomic E-state index is 11.6. The number of carbonyl (C=O) groups excluding carboxylic acids is 3. The van der Waals surface area contributed by atoms with Gasteiger partial charge in [0.25, 0.3) is 0 Å².